The molecule has 1 aliphatic heterocycles. The van der Waals surface area contributed by atoms with Crippen molar-refractivity contribution in [3.8, 4) is 0 Å². The van der Waals surface area contributed by atoms with Crippen LogP contribution in [0, 0.1) is 11.8 Å². The molecule has 0 aromatic heterocycles. The van der Waals surface area contributed by atoms with E-state index in [1.165, 1.54) is 45.2 Å². The minimum absolute atomic E-state index is 0.472. The standard InChI is InChI=1S/C13H27N3/c1-15-13(11-7-8-16(2)9-11)10-3-5-12(14)6-4-10/h10-13,15H,3-9,14H2,1-2H3. The molecule has 0 spiro atoms. The third-order valence-corrected chi connectivity index (χ3v) is 4.59. The average molecular weight is 225 g/mol. The molecule has 2 unspecified atom stereocenters. The SMILES string of the molecule is CNC(C1CCC(N)CC1)C1CCN(C)C1. The molecular formula is C13H27N3. The molecule has 0 radical (unpaired) electrons. The highest BCUT2D eigenvalue weighted by molar-refractivity contribution is 4.90. The van der Waals surface area contributed by atoms with Crippen LogP contribution in [0.2, 0.25) is 0 Å². The Kier molecular flexibility index (Phi) is 4.22. The first-order chi connectivity index (χ1) is 7.70. The number of nitrogens with two attached hydrogens (primary N) is 1. The van der Waals surface area contributed by atoms with Crippen molar-refractivity contribution in [3.63, 3.8) is 0 Å². The van der Waals surface area contributed by atoms with Crippen LogP contribution in [0.1, 0.15) is 32.1 Å². The van der Waals surface area contributed by atoms with E-state index in [9.17, 15) is 0 Å². The Morgan fingerprint density at radius 3 is 2.31 bits per heavy atom. The zero-order chi connectivity index (χ0) is 11.5. The maximum absolute atomic E-state index is 5.99. The lowest BCUT2D eigenvalue weighted by Gasteiger charge is -2.35. The number of nitrogens with one attached hydrogen (secondary N) is 1. The summed E-state index contributed by atoms with van der Waals surface area (Å²) in [6, 6.07) is 1.19. The molecule has 3 heteroatoms. The summed E-state index contributed by atoms with van der Waals surface area (Å²) in [7, 11) is 4.38. The third-order valence-electron chi connectivity index (χ3n) is 4.59. The quantitative estimate of drug-likeness (QED) is 0.754. The molecule has 16 heavy (non-hydrogen) atoms. The van der Waals surface area contributed by atoms with Crippen molar-refractivity contribution in [2.45, 2.75) is 44.2 Å². The van der Waals surface area contributed by atoms with Crippen LogP contribution in [0.15, 0.2) is 0 Å². The topological polar surface area (TPSA) is 41.3 Å². The summed E-state index contributed by atoms with van der Waals surface area (Å²) >= 11 is 0. The summed E-state index contributed by atoms with van der Waals surface area (Å²) in [5.41, 5.74) is 5.99. The lowest BCUT2D eigenvalue weighted by molar-refractivity contribution is 0.205. The van der Waals surface area contributed by atoms with Gasteiger partial charge in [-0.2, -0.15) is 0 Å². The highest BCUT2D eigenvalue weighted by atomic mass is 15.1. The van der Waals surface area contributed by atoms with Gasteiger partial charge in [-0.25, -0.2) is 0 Å². The van der Waals surface area contributed by atoms with E-state index in [4.69, 9.17) is 5.73 Å². The first kappa shape index (κ1) is 12.3. The van der Waals surface area contributed by atoms with E-state index in [2.05, 4.69) is 24.3 Å². The molecule has 94 valence electrons. The van der Waals surface area contributed by atoms with Crippen LogP contribution >= 0.6 is 0 Å². The summed E-state index contributed by atoms with van der Waals surface area (Å²) in [5, 5.41) is 3.58. The van der Waals surface area contributed by atoms with Crippen LogP contribution < -0.4 is 11.1 Å². The molecule has 0 bridgehead atoms. The Hall–Kier alpha value is -0.120. The lowest BCUT2D eigenvalue weighted by atomic mass is 9.77. The van der Waals surface area contributed by atoms with Crippen molar-refractivity contribution < 1.29 is 0 Å². The predicted octanol–water partition coefficient (Wildman–Crippen LogP) is 1.04. The number of hydrogen-bond acceptors (Lipinski definition) is 3. The molecule has 3 N–H and O–H groups in total. The number of likely N-dealkylation sites (tertiary alicyclic amines) is 1. The van der Waals surface area contributed by atoms with E-state index in [0.29, 0.717) is 6.04 Å². The third kappa shape index (κ3) is 2.76. The largest absolute Gasteiger partial charge is 0.328 e. The molecule has 0 amide bonds. The van der Waals surface area contributed by atoms with Gasteiger partial charge in [0.2, 0.25) is 0 Å². The molecule has 2 fully saturated rings. The Bertz CT molecular complexity index is 211. The molecule has 0 aromatic carbocycles. The Labute approximate surface area is 99.8 Å². The molecular weight excluding hydrogens is 198 g/mol. The van der Waals surface area contributed by atoms with Gasteiger partial charge in [0.05, 0.1) is 0 Å². The second kappa shape index (κ2) is 5.48. The van der Waals surface area contributed by atoms with Gasteiger partial charge in [0, 0.05) is 18.6 Å². The highest BCUT2D eigenvalue weighted by Gasteiger charge is 2.33. The van der Waals surface area contributed by atoms with E-state index in [1.807, 2.05) is 0 Å². The average Bonchev–Trinajstić information content (AvgIpc) is 2.69. The first-order valence-electron chi connectivity index (χ1n) is 6.82. The second-order valence-electron chi connectivity index (χ2n) is 5.80. The van der Waals surface area contributed by atoms with Crippen molar-refractivity contribution in [1.82, 2.24) is 10.2 Å². The molecule has 2 atom stereocenters. The molecule has 2 rings (SSSR count). The van der Waals surface area contributed by atoms with E-state index < -0.39 is 0 Å². The van der Waals surface area contributed by atoms with Gasteiger partial charge in [-0.15, -0.1) is 0 Å². The molecule has 0 aromatic rings. The Morgan fingerprint density at radius 1 is 1.12 bits per heavy atom. The van der Waals surface area contributed by atoms with E-state index in [-0.39, 0.29) is 0 Å². The van der Waals surface area contributed by atoms with Crippen LogP contribution in [0.25, 0.3) is 0 Å². The van der Waals surface area contributed by atoms with Gasteiger partial charge < -0.3 is 16.0 Å². The highest BCUT2D eigenvalue weighted by Crippen LogP contribution is 2.32. The maximum atomic E-state index is 5.99. The first-order valence-corrected chi connectivity index (χ1v) is 6.82. The smallest absolute Gasteiger partial charge is 0.0133 e. The van der Waals surface area contributed by atoms with Crippen molar-refractivity contribution in [2.75, 3.05) is 27.2 Å². The zero-order valence-electron chi connectivity index (χ0n) is 10.8. The van der Waals surface area contributed by atoms with Gasteiger partial charge in [-0.05, 0) is 64.6 Å². The predicted molar refractivity (Wildman–Crippen MR) is 68.4 cm³/mol. The van der Waals surface area contributed by atoms with Gasteiger partial charge in [-0.1, -0.05) is 0 Å². The molecule has 3 nitrogen and oxygen atoms in total. The van der Waals surface area contributed by atoms with Crippen molar-refractivity contribution in [3.05, 3.63) is 0 Å². The second-order valence-corrected chi connectivity index (χ2v) is 5.80. The summed E-state index contributed by atoms with van der Waals surface area (Å²) < 4.78 is 0. The van der Waals surface area contributed by atoms with Gasteiger partial charge in [0.25, 0.3) is 0 Å². The van der Waals surface area contributed by atoms with Gasteiger partial charge in [-0.3, -0.25) is 0 Å². The summed E-state index contributed by atoms with van der Waals surface area (Å²) in [5.74, 6) is 1.72. The summed E-state index contributed by atoms with van der Waals surface area (Å²) in [6.07, 6.45) is 6.47. The normalized spacial score (nSPS) is 38.8. The van der Waals surface area contributed by atoms with Gasteiger partial charge in [0.15, 0.2) is 0 Å². The zero-order valence-corrected chi connectivity index (χ0v) is 10.8. The monoisotopic (exact) mass is 225 g/mol. The summed E-state index contributed by atoms with van der Waals surface area (Å²) in [6.45, 7) is 2.54. The fourth-order valence-electron chi connectivity index (χ4n) is 3.62. The van der Waals surface area contributed by atoms with Crippen molar-refractivity contribution in [2.24, 2.45) is 17.6 Å². The number of rotatable bonds is 3. The molecule has 1 aliphatic carbocycles. The van der Waals surface area contributed by atoms with Crippen LogP contribution in [-0.2, 0) is 0 Å². The minimum Gasteiger partial charge on any atom is -0.328 e. The molecule has 1 saturated carbocycles. The van der Waals surface area contributed by atoms with Crippen molar-refractivity contribution in [1.29, 1.82) is 0 Å². The van der Waals surface area contributed by atoms with Crippen LogP contribution in [0.4, 0.5) is 0 Å². The van der Waals surface area contributed by atoms with E-state index in [1.54, 1.807) is 0 Å². The van der Waals surface area contributed by atoms with Crippen LogP contribution in [-0.4, -0.2) is 44.2 Å². The molecule has 1 heterocycles. The molecule has 1 saturated heterocycles. The fourth-order valence-corrected chi connectivity index (χ4v) is 3.62. The fraction of sp³-hybridized carbons (Fsp3) is 1.00. The lowest BCUT2D eigenvalue weighted by Crippen LogP contribution is -2.44. The number of nitrogens with zero attached hydrogens (tertiary/aromatic N) is 1. The van der Waals surface area contributed by atoms with Gasteiger partial charge >= 0.3 is 0 Å². The minimum atomic E-state index is 0.472. The van der Waals surface area contributed by atoms with E-state index >= 15 is 0 Å². The molecule has 2 aliphatic rings. The van der Waals surface area contributed by atoms with Crippen LogP contribution in [0.5, 0.6) is 0 Å². The Morgan fingerprint density at radius 2 is 1.81 bits per heavy atom. The van der Waals surface area contributed by atoms with Gasteiger partial charge in [0.1, 0.15) is 0 Å². The van der Waals surface area contributed by atoms with Crippen LogP contribution in [0.3, 0.4) is 0 Å². The number of hydrogen-bond donors (Lipinski definition) is 2. The van der Waals surface area contributed by atoms with Crippen molar-refractivity contribution >= 4 is 0 Å². The Balaban J connectivity index is 1.89. The summed E-state index contributed by atoms with van der Waals surface area (Å²) in [4.78, 5) is 2.46. The van der Waals surface area contributed by atoms with E-state index in [0.717, 1.165) is 17.9 Å². The maximum Gasteiger partial charge on any atom is 0.0133 e.